The Morgan fingerprint density at radius 1 is 1.20 bits per heavy atom. The van der Waals surface area contributed by atoms with Crippen LogP contribution in [-0.4, -0.2) is 30.5 Å². The monoisotopic (exact) mass is 201 g/mol. The fourth-order valence-electron chi connectivity index (χ4n) is 2.24. The first-order chi connectivity index (χ1) is 7.43. The van der Waals surface area contributed by atoms with Crippen LogP contribution in [0.4, 0.5) is 5.69 Å². The Balaban J connectivity index is 1.82. The summed E-state index contributed by atoms with van der Waals surface area (Å²) in [4.78, 5) is 6.94. The number of para-hydroxylation sites is 1. The second-order valence-electron chi connectivity index (χ2n) is 4.13. The van der Waals surface area contributed by atoms with Crippen molar-refractivity contribution in [3.63, 3.8) is 0 Å². The molecule has 1 fully saturated rings. The lowest BCUT2D eigenvalue weighted by Gasteiger charge is -2.28. The Hall–Kier alpha value is -1.35. The molecule has 0 spiro atoms. The zero-order chi connectivity index (χ0) is 10.1. The second kappa shape index (κ2) is 3.66. The highest BCUT2D eigenvalue weighted by molar-refractivity contribution is 5.89. The first-order valence-corrected chi connectivity index (χ1v) is 5.56. The molecule has 1 N–H and O–H groups in total. The number of nitrogens with one attached hydrogen (secondary N) is 1. The predicted molar refractivity (Wildman–Crippen MR) is 62.3 cm³/mol. The number of hydrogen-bond acceptors (Lipinski definition) is 3. The topological polar surface area (TPSA) is 27.6 Å². The summed E-state index contributed by atoms with van der Waals surface area (Å²) >= 11 is 0. The molecule has 1 saturated heterocycles. The molecule has 2 aliphatic rings. The first-order valence-electron chi connectivity index (χ1n) is 5.56. The van der Waals surface area contributed by atoms with Gasteiger partial charge in [-0.2, -0.15) is 0 Å². The van der Waals surface area contributed by atoms with Gasteiger partial charge in [-0.05, 0) is 18.9 Å². The number of aliphatic imine (C=N–C) groups is 1. The molecular weight excluding hydrogens is 186 g/mol. The maximum absolute atomic E-state index is 4.54. The third-order valence-corrected chi connectivity index (χ3v) is 3.09. The Bertz CT molecular complexity index is 380. The molecule has 0 amide bonds. The Kier molecular flexibility index (Phi) is 2.18. The van der Waals surface area contributed by atoms with E-state index in [1.807, 2.05) is 12.3 Å². The number of fused-ring (bicyclic) bond motifs is 1. The average molecular weight is 201 g/mol. The van der Waals surface area contributed by atoms with Gasteiger partial charge in [0, 0.05) is 30.6 Å². The van der Waals surface area contributed by atoms with Crippen LogP contribution >= 0.6 is 0 Å². The van der Waals surface area contributed by atoms with Crippen LogP contribution < -0.4 is 5.32 Å². The number of likely N-dealkylation sites (tertiary alicyclic amines) is 1. The fraction of sp³-hybridized carbons (Fsp3) is 0.417. The summed E-state index contributed by atoms with van der Waals surface area (Å²) in [6, 6.07) is 8.31. The SMILES string of the molecule is C1=NC(N2CCCC2)Nc2ccccc21. The summed E-state index contributed by atoms with van der Waals surface area (Å²) in [6.45, 7) is 2.33. The molecule has 15 heavy (non-hydrogen) atoms. The third kappa shape index (κ3) is 1.63. The van der Waals surface area contributed by atoms with Gasteiger partial charge in [0.05, 0.1) is 0 Å². The molecule has 3 rings (SSSR count). The highest BCUT2D eigenvalue weighted by Crippen LogP contribution is 2.22. The summed E-state index contributed by atoms with van der Waals surface area (Å²) < 4.78 is 0. The van der Waals surface area contributed by atoms with Crippen LogP contribution in [0.25, 0.3) is 0 Å². The highest BCUT2D eigenvalue weighted by Gasteiger charge is 2.22. The molecule has 0 aliphatic carbocycles. The molecule has 0 radical (unpaired) electrons. The smallest absolute Gasteiger partial charge is 0.176 e. The largest absolute Gasteiger partial charge is 0.351 e. The van der Waals surface area contributed by atoms with Gasteiger partial charge in [0.25, 0.3) is 0 Å². The van der Waals surface area contributed by atoms with Gasteiger partial charge >= 0.3 is 0 Å². The minimum atomic E-state index is 0.155. The molecule has 3 heteroatoms. The van der Waals surface area contributed by atoms with Gasteiger partial charge in [-0.25, -0.2) is 0 Å². The van der Waals surface area contributed by atoms with Gasteiger partial charge in [-0.1, -0.05) is 18.2 Å². The lowest BCUT2D eigenvalue weighted by molar-refractivity contribution is 0.274. The quantitative estimate of drug-likeness (QED) is 0.751. The van der Waals surface area contributed by atoms with Crippen molar-refractivity contribution in [2.45, 2.75) is 19.1 Å². The Morgan fingerprint density at radius 3 is 2.87 bits per heavy atom. The standard InChI is InChI=1S/C12H15N3/c1-2-6-11-10(5-1)9-13-12(14-11)15-7-3-4-8-15/h1-2,5-6,9,12,14H,3-4,7-8H2. The highest BCUT2D eigenvalue weighted by atomic mass is 15.4. The van der Waals surface area contributed by atoms with Crippen LogP contribution in [0.2, 0.25) is 0 Å². The minimum absolute atomic E-state index is 0.155. The van der Waals surface area contributed by atoms with Crippen molar-refractivity contribution in [3.05, 3.63) is 29.8 Å². The molecule has 1 unspecified atom stereocenters. The van der Waals surface area contributed by atoms with Gasteiger partial charge in [0.15, 0.2) is 6.29 Å². The minimum Gasteiger partial charge on any atom is -0.351 e. The van der Waals surface area contributed by atoms with Crippen LogP contribution in [0.15, 0.2) is 29.3 Å². The molecule has 1 aromatic rings. The Labute approximate surface area is 89.8 Å². The zero-order valence-corrected chi connectivity index (χ0v) is 8.69. The Morgan fingerprint density at radius 2 is 2.00 bits per heavy atom. The first kappa shape index (κ1) is 8.92. The normalized spacial score (nSPS) is 24.9. The van der Waals surface area contributed by atoms with Crippen molar-refractivity contribution in [2.24, 2.45) is 4.99 Å². The van der Waals surface area contributed by atoms with Crippen molar-refractivity contribution in [2.75, 3.05) is 18.4 Å². The van der Waals surface area contributed by atoms with Crippen LogP contribution in [0.1, 0.15) is 18.4 Å². The molecule has 2 heterocycles. The summed E-state index contributed by atoms with van der Waals surface area (Å²) in [5.41, 5.74) is 2.39. The van der Waals surface area contributed by atoms with Crippen molar-refractivity contribution in [1.82, 2.24) is 4.90 Å². The van der Waals surface area contributed by atoms with Gasteiger partial charge in [0.2, 0.25) is 0 Å². The molecule has 78 valence electrons. The molecule has 1 atom stereocenters. The van der Waals surface area contributed by atoms with E-state index in [0.29, 0.717) is 0 Å². The average Bonchev–Trinajstić information content (AvgIpc) is 2.82. The van der Waals surface area contributed by atoms with Crippen molar-refractivity contribution in [1.29, 1.82) is 0 Å². The van der Waals surface area contributed by atoms with E-state index < -0.39 is 0 Å². The summed E-state index contributed by atoms with van der Waals surface area (Å²) in [6.07, 6.45) is 4.74. The van der Waals surface area contributed by atoms with E-state index in [1.165, 1.54) is 24.1 Å². The summed E-state index contributed by atoms with van der Waals surface area (Å²) in [7, 11) is 0. The fourth-order valence-corrected chi connectivity index (χ4v) is 2.24. The number of benzene rings is 1. The maximum atomic E-state index is 4.54. The number of nitrogens with zero attached hydrogens (tertiary/aromatic N) is 2. The number of anilines is 1. The van der Waals surface area contributed by atoms with Crippen LogP contribution in [0.3, 0.4) is 0 Å². The summed E-state index contributed by atoms with van der Waals surface area (Å²) in [5.74, 6) is 0. The lowest BCUT2D eigenvalue weighted by atomic mass is 10.2. The van der Waals surface area contributed by atoms with Crippen molar-refractivity contribution in [3.8, 4) is 0 Å². The van der Waals surface area contributed by atoms with Crippen molar-refractivity contribution >= 4 is 11.9 Å². The number of rotatable bonds is 1. The molecule has 1 aromatic carbocycles. The molecule has 0 bridgehead atoms. The van der Waals surface area contributed by atoms with E-state index in [-0.39, 0.29) is 6.29 Å². The van der Waals surface area contributed by atoms with Crippen LogP contribution in [0.5, 0.6) is 0 Å². The van der Waals surface area contributed by atoms with Gasteiger partial charge in [-0.15, -0.1) is 0 Å². The van der Waals surface area contributed by atoms with E-state index in [9.17, 15) is 0 Å². The van der Waals surface area contributed by atoms with Crippen LogP contribution in [-0.2, 0) is 0 Å². The predicted octanol–water partition coefficient (Wildman–Crippen LogP) is 1.91. The van der Waals surface area contributed by atoms with Crippen LogP contribution in [0, 0.1) is 0 Å². The van der Waals surface area contributed by atoms with Crippen molar-refractivity contribution < 1.29 is 0 Å². The molecule has 2 aliphatic heterocycles. The zero-order valence-electron chi connectivity index (χ0n) is 8.69. The van der Waals surface area contributed by atoms with Gasteiger partial charge in [-0.3, -0.25) is 9.89 Å². The van der Waals surface area contributed by atoms with E-state index in [4.69, 9.17) is 0 Å². The molecule has 0 aromatic heterocycles. The van der Waals surface area contributed by atoms with E-state index in [0.717, 1.165) is 13.1 Å². The molecule has 3 nitrogen and oxygen atoms in total. The molecular formula is C12H15N3. The molecule has 0 saturated carbocycles. The van der Waals surface area contributed by atoms with Gasteiger partial charge in [0.1, 0.15) is 0 Å². The lowest BCUT2D eigenvalue weighted by Crippen LogP contribution is -2.39. The third-order valence-electron chi connectivity index (χ3n) is 3.09. The number of hydrogen-bond donors (Lipinski definition) is 1. The van der Waals surface area contributed by atoms with E-state index in [1.54, 1.807) is 0 Å². The van der Waals surface area contributed by atoms with E-state index >= 15 is 0 Å². The maximum Gasteiger partial charge on any atom is 0.176 e. The van der Waals surface area contributed by atoms with Gasteiger partial charge < -0.3 is 5.32 Å². The van der Waals surface area contributed by atoms with E-state index in [2.05, 4.69) is 33.4 Å². The summed E-state index contributed by atoms with van der Waals surface area (Å²) in [5, 5.41) is 3.47. The second-order valence-corrected chi connectivity index (χ2v) is 4.13.